The highest BCUT2D eigenvalue weighted by Gasteiger charge is 2.61. The van der Waals surface area contributed by atoms with Gasteiger partial charge in [0, 0.05) is 17.7 Å². The van der Waals surface area contributed by atoms with Crippen molar-refractivity contribution in [3.05, 3.63) is 99.6 Å². The summed E-state index contributed by atoms with van der Waals surface area (Å²) in [7, 11) is 0. The number of nitro benzene ring substituents is 1. The molecule has 4 unspecified atom stereocenters. The Labute approximate surface area is 239 Å². The molecule has 42 heavy (non-hydrogen) atoms. The van der Waals surface area contributed by atoms with Crippen molar-refractivity contribution in [1.82, 2.24) is 0 Å². The van der Waals surface area contributed by atoms with Gasteiger partial charge in [-0.25, -0.2) is 14.5 Å². The van der Waals surface area contributed by atoms with Crippen molar-refractivity contribution in [2.45, 2.75) is 19.3 Å². The van der Waals surface area contributed by atoms with Gasteiger partial charge in [0.25, 0.3) is 5.69 Å². The van der Waals surface area contributed by atoms with Crippen LogP contribution >= 0.6 is 0 Å². The van der Waals surface area contributed by atoms with Gasteiger partial charge in [-0.1, -0.05) is 12.1 Å². The standard InChI is InChI=1S/C31H24N2O9/c34-25(17-9-13-22(14-10-17)42-30(37)18-7-11-21(12-8-18)33(39)40)16-41-31(38)23-3-1-2-4-24(23)32-28(35)26-19-5-6-20(15-19)27(26)29(32)36/h1-4,7-14,19-20,26-27H,5-6,15-16H2. The van der Waals surface area contributed by atoms with E-state index in [9.17, 15) is 34.1 Å². The minimum atomic E-state index is -0.840. The Bertz CT molecular complexity index is 1600. The number of Topliss-reactive ketones (excluding diaryl/α,β-unsaturated/α-hetero) is 1. The molecule has 1 saturated heterocycles. The molecule has 0 aromatic heterocycles. The Kier molecular flexibility index (Phi) is 6.85. The predicted molar refractivity (Wildman–Crippen MR) is 146 cm³/mol. The number of rotatable bonds is 8. The van der Waals surface area contributed by atoms with Gasteiger partial charge in [-0.15, -0.1) is 0 Å². The summed E-state index contributed by atoms with van der Waals surface area (Å²) in [5.74, 6) is -2.77. The first kappa shape index (κ1) is 27.0. The van der Waals surface area contributed by atoms with Gasteiger partial charge in [-0.2, -0.15) is 0 Å². The number of hydrogen-bond acceptors (Lipinski definition) is 9. The minimum Gasteiger partial charge on any atom is -0.454 e. The fourth-order valence-corrected chi connectivity index (χ4v) is 6.37. The van der Waals surface area contributed by atoms with E-state index in [1.165, 1.54) is 60.7 Å². The lowest BCUT2D eigenvalue weighted by atomic mass is 9.81. The number of ketones is 1. The number of non-ortho nitro benzene ring substituents is 1. The zero-order valence-electron chi connectivity index (χ0n) is 22.1. The predicted octanol–water partition coefficient (Wildman–Crippen LogP) is 4.39. The maximum atomic E-state index is 13.3. The normalized spacial score (nSPS) is 22.1. The van der Waals surface area contributed by atoms with Crippen molar-refractivity contribution >= 4 is 40.9 Å². The van der Waals surface area contributed by atoms with Crippen LogP contribution in [0.15, 0.2) is 72.8 Å². The van der Waals surface area contributed by atoms with Gasteiger partial charge in [0.1, 0.15) is 5.75 Å². The Morgan fingerprint density at radius 1 is 0.810 bits per heavy atom. The monoisotopic (exact) mass is 568 g/mol. The fraction of sp³-hybridized carbons (Fsp3) is 0.258. The lowest BCUT2D eigenvalue weighted by Gasteiger charge is -2.19. The highest BCUT2D eigenvalue weighted by atomic mass is 16.6. The summed E-state index contributed by atoms with van der Waals surface area (Å²) >= 11 is 0. The van der Waals surface area contributed by atoms with Crippen LogP contribution in [-0.4, -0.2) is 41.1 Å². The van der Waals surface area contributed by atoms with Gasteiger partial charge < -0.3 is 9.47 Å². The van der Waals surface area contributed by atoms with E-state index in [4.69, 9.17) is 9.47 Å². The molecule has 3 aromatic carbocycles. The van der Waals surface area contributed by atoms with Crippen molar-refractivity contribution in [3.63, 3.8) is 0 Å². The average Bonchev–Trinajstić information content (AvgIpc) is 3.69. The zero-order valence-corrected chi connectivity index (χ0v) is 22.1. The molecule has 2 amide bonds. The van der Waals surface area contributed by atoms with Crippen molar-refractivity contribution in [2.24, 2.45) is 23.7 Å². The number of fused-ring (bicyclic) bond motifs is 5. The summed E-state index contributed by atoms with van der Waals surface area (Å²) in [6, 6.07) is 16.7. The second-order valence-electron chi connectivity index (χ2n) is 10.6. The number of carbonyl (C=O) groups excluding carboxylic acids is 5. The third-order valence-electron chi connectivity index (χ3n) is 8.33. The highest BCUT2D eigenvalue weighted by Crippen LogP contribution is 2.56. The molecule has 0 N–H and O–H groups in total. The molecule has 3 aromatic rings. The van der Waals surface area contributed by atoms with E-state index in [-0.39, 0.29) is 69.3 Å². The average molecular weight is 569 g/mol. The molecule has 11 heteroatoms. The van der Waals surface area contributed by atoms with Gasteiger partial charge in [0.2, 0.25) is 11.8 Å². The van der Waals surface area contributed by atoms with Crippen molar-refractivity contribution < 1.29 is 38.4 Å². The number of esters is 2. The molecular formula is C31H24N2O9. The van der Waals surface area contributed by atoms with Crippen molar-refractivity contribution in [1.29, 1.82) is 0 Å². The van der Waals surface area contributed by atoms with Crippen LogP contribution in [0.3, 0.4) is 0 Å². The summed E-state index contributed by atoms with van der Waals surface area (Å²) < 4.78 is 10.5. The Balaban J connectivity index is 1.08. The molecule has 6 rings (SSSR count). The Morgan fingerprint density at radius 3 is 2.02 bits per heavy atom. The first-order chi connectivity index (χ1) is 20.2. The zero-order chi connectivity index (χ0) is 29.5. The molecule has 0 spiro atoms. The maximum Gasteiger partial charge on any atom is 0.343 e. The molecule has 3 fully saturated rings. The van der Waals surface area contributed by atoms with Crippen molar-refractivity contribution in [2.75, 3.05) is 11.5 Å². The Morgan fingerprint density at radius 2 is 1.40 bits per heavy atom. The lowest BCUT2D eigenvalue weighted by molar-refractivity contribution is -0.384. The van der Waals surface area contributed by atoms with Gasteiger partial charge in [-0.3, -0.25) is 24.5 Å². The Hall–Kier alpha value is -5.19. The lowest BCUT2D eigenvalue weighted by Crippen LogP contribution is -2.34. The molecule has 1 aliphatic heterocycles. The van der Waals surface area contributed by atoms with E-state index in [1.54, 1.807) is 12.1 Å². The topological polar surface area (TPSA) is 150 Å². The number of para-hydroxylation sites is 1. The van der Waals surface area contributed by atoms with Gasteiger partial charge in [0.15, 0.2) is 12.4 Å². The summed E-state index contributed by atoms with van der Waals surface area (Å²) in [5.41, 5.74) is 0.330. The van der Waals surface area contributed by atoms with Crippen LogP contribution in [0.4, 0.5) is 11.4 Å². The number of nitrogens with zero attached hydrogens (tertiary/aromatic N) is 2. The van der Waals surface area contributed by atoms with Crippen LogP contribution in [0.1, 0.15) is 50.3 Å². The number of benzene rings is 3. The summed E-state index contributed by atoms with van der Waals surface area (Å²) in [5, 5.41) is 10.8. The number of nitro groups is 1. The minimum absolute atomic E-state index is 0.0211. The second-order valence-corrected chi connectivity index (χ2v) is 10.6. The van der Waals surface area contributed by atoms with E-state index in [0.717, 1.165) is 24.2 Å². The number of anilines is 1. The van der Waals surface area contributed by atoms with Gasteiger partial charge in [-0.05, 0) is 79.6 Å². The first-order valence-corrected chi connectivity index (χ1v) is 13.5. The maximum absolute atomic E-state index is 13.3. The van der Waals surface area contributed by atoms with Crippen LogP contribution in [-0.2, 0) is 14.3 Å². The van der Waals surface area contributed by atoms with Gasteiger partial charge >= 0.3 is 11.9 Å². The van der Waals surface area contributed by atoms with Crippen molar-refractivity contribution in [3.8, 4) is 5.75 Å². The van der Waals surface area contributed by atoms with Crippen LogP contribution in [0.5, 0.6) is 5.75 Å². The molecular weight excluding hydrogens is 544 g/mol. The molecule has 11 nitrogen and oxygen atoms in total. The number of hydrogen-bond donors (Lipinski definition) is 0. The molecule has 2 saturated carbocycles. The third-order valence-corrected chi connectivity index (χ3v) is 8.33. The molecule has 3 aliphatic rings. The van der Waals surface area contributed by atoms with E-state index in [1.807, 2.05) is 0 Å². The molecule has 1 heterocycles. The second kappa shape index (κ2) is 10.7. The van der Waals surface area contributed by atoms with E-state index in [2.05, 4.69) is 0 Å². The van der Waals surface area contributed by atoms with Crippen LogP contribution in [0.2, 0.25) is 0 Å². The summed E-state index contributed by atoms with van der Waals surface area (Å²) in [6.07, 6.45) is 2.77. The SMILES string of the molecule is O=C(COC(=O)c1ccccc1N1C(=O)C2C3CCC(C3)C2C1=O)c1ccc(OC(=O)c2ccc([N+](=O)[O-])cc2)cc1. The molecule has 212 valence electrons. The number of amides is 2. The fourth-order valence-electron chi connectivity index (χ4n) is 6.37. The molecule has 0 radical (unpaired) electrons. The van der Waals surface area contributed by atoms with Crippen LogP contribution < -0.4 is 9.64 Å². The number of ether oxygens (including phenoxy) is 2. The smallest absolute Gasteiger partial charge is 0.343 e. The quantitative estimate of drug-likeness (QED) is 0.0962. The summed E-state index contributed by atoms with van der Waals surface area (Å²) in [6.45, 7) is -0.591. The van der Waals surface area contributed by atoms with E-state index in [0.29, 0.717) is 0 Å². The number of carbonyl (C=O) groups is 5. The molecule has 4 atom stereocenters. The highest BCUT2D eigenvalue weighted by molar-refractivity contribution is 6.24. The largest absolute Gasteiger partial charge is 0.454 e. The summed E-state index contributed by atoms with van der Waals surface area (Å²) in [4.78, 5) is 75.9. The number of imide groups is 1. The first-order valence-electron chi connectivity index (χ1n) is 13.5. The van der Waals surface area contributed by atoms with Gasteiger partial charge in [0.05, 0.1) is 33.6 Å². The third kappa shape index (κ3) is 4.72. The van der Waals surface area contributed by atoms with E-state index < -0.39 is 29.3 Å². The molecule has 2 bridgehead atoms. The van der Waals surface area contributed by atoms with Crippen LogP contribution in [0, 0.1) is 33.8 Å². The van der Waals surface area contributed by atoms with E-state index >= 15 is 0 Å². The molecule has 2 aliphatic carbocycles. The van der Waals surface area contributed by atoms with Crippen LogP contribution in [0.25, 0.3) is 0 Å².